The van der Waals surface area contributed by atoms with E-state index in [1.807, 2.05) is 0 Å². The van der Waals surface area contributed by atoms with E-state index in [-0.39, 0.29) is 0 Å². The van der Waals surface area contributed by atoms with Gasteiger partial charge in [0, 0.05) is 72.5 Å². The van der Waals surface area contributed by atoms with Crippen LogP contribution in [0, 0.1) is 52.8 Å². The van der Waals surface area contributed by atoms with Crippen molar-refractivity contribution in [3.05, 3.63) is 0 Å². The lowest BCUT2D eigenvalue weighted by Crippen LogP contribution is -2.63. The zero-order valence-corrected chi connectivity index (χ0v) is 82.4. The summed E-state index contributed by atoms with van der Waals surface area (Å²) in [6.07, 6.45) is 149. The van der Waals surface area contributed by atoms with Crippen molar-refractivity contribution in [3.63, 3.8) is 0 Å². The van der Waals surface area contributed by atoms with Crippen molar-refractivity contribution in [1.29, 1.82) is 0 Å². The highest BCUT2D eigenvalue weighted by atomic mass is 15.2. The molecule has 4 nitrogen and oxygen atoms in total. The van der Waals surface area contributed by atoms with E-state index >= 15 is 0 Å². The van der Waals surface area contributed by atoms with Gasteiger partial charge in [-0.3, -0.25) is 19.6 Å². The molecule has 1 spiro atoms. The van der Waals surface area contributed by atoms with Gasteiger partial charge in [0.1, 0.15) is 0 Å². The SMILES string of the molecule is C1CCCCCC(N(C2CCCCCCCCC2)C2CCCCC3CC(CCC2)C2CCCC(N(C4CCCCCCCCC4)C4CCCCCCCCC4)CCC2C32C3CCCC(N(C4CCCCCCCCC4)C4CCCCCCCC4)CCCC(C3)C3CCC(N(C4CCCCCCCCC4)C4CCCCCCCC4)CCCC32)CCCCC1. The van der Waals surface area contributed by atoms with Crippen LogP contribution in [-0.2, 0) is 0 Å². The smallest absolute Gasteiger partial charge is 0.0101 e. The Bertz CT molecular complexity index is 2470. The molecule has 0 aromatic heterocycles. The molecule has 14 fully saturated rings. The van der Waals surface area contributed by atoms with Crippen molar-refractivity contribution in [2.75, 3.05) is 0 Å². The van der Waals surface area contributed by atoms with Gasteiger partial charge in [-0.15, -0.1) is 0 Å². The number of rotatable bonds is 12. The quantitative estimate of drug-likeness (QED) is 0.193. The number of fused-ring (bicyclic) bond motifs is 12. The van der Waals surface area contributed by atoms with Crippen LogP contribution in [0.5, 0.6) is 0 Å². The first kappa shape index (κ1) is 97.9. The van der Waals surface area contributed by atoms with Gasteiger partial charge in [0.2, 0.25) is 0 Å². The Morgan fingerprint density at radius 2 is 0.270 bits per heavy atom. The molecule has 4 heteroatoms. The molecule has 0 aromatic rings. The van der Waals surface area contributed by atoms with Gasteiger partial charge in [0.25, 0.3) is 0 Å². The fraction of sp³-hybridized carbons (Fsp3) is 1.00. The largest absolute Gasteiger partial charge is 0.294 e. The minimum Gasteiger partial charge on any atom is -0.294 e. The molecule has 0 aromatic carbocycles. The van der Waals surface area contributed by atoms with Crippen LogP contribution in [0.15, 0.2) is 0 Å². The van der Waals surface area contributed by atoms with Gasteiger partial charge in [-0.25, -0.2) is 0 Å². The van der Waals surface area contributed by atoms with Crippen molar-refractivity contribution < 1.29 is 0 Å². The molecular formula is C118H214N4. The van der Waals surface area contributed by atoms with Gasteiger partial charge in [0.15, 0.2) is 0 Å². The zero-order chi connectivity index (χ0) is 82.9. The molecule has 0 saturated heterocycles. The minimum atomic E-state index is 0.522. The second-order valence-electron chi connectivity index (χ2n) is 48.1. The molecule has 0 heterocycles. The lowest BCUT2D eigenvalue weighted by Gasteiger charge is -2.68. The van der Waals surface area contributed by atoms with Gasteiger partial charge >= 0.3 is 0 Å². The molecule has 706 valence electrons. The van der Waals surface area contributed by atoms with E-state index in [1.165, 1.54) is 462 Å². The van der Waals surface area contributed by atoms with Crippen molar-refractivity contribution in [3.8, 4) is 0 Å². The maximum absolute atomic E-state index is 3.61. The van der Waals surface area contributed by atoms with Crippen molar-refractivity contribution in [2.24, 2.45) is 52.8 Å². The van der Waals surface area contributed by atoms with Gasteiger partial charge in [0.05, 0.1) is 0 Å². The molecule has 13 unspecified atom stereocenters. The van der Waals surface area contributed by atoms with Crippen LogP contribution in [-0.4, -0.2) is 92.1 Å². The van der Waals surface area contributed by atoms with Crippen LogP contribution in [0.25, 0.3) is 0 Å². The standard InChI is InChI=1S/C118H214N4/c1-2-9-25-41-68-102(69-42-26-10-3-1)119(103-70-43-27-11-4-12-28-44-71-103)110-84-58-57-66-100-96-98(64-59-85-110)114-90-62-88-113(122(108-80-49-33-17-7-18-34-50-81-108)109-82-51-35-19-8-20-36-52-83-109)93-95-117(114)118(100)101-67-61-87-111(120(105-74-53-37-21-22-38-54-75-105)104-72-45-29-13-5-14-30-46-73-104)86-60-65-99(97-101)115-94-92-112(89-63-91-116(115)118)121(107-78-55-39-23-24-40-56-79-107)106-76-47-31-15-6-16-32-48-77-106/h98-117H,1-97H2. The normalized spacial score (nSPS) is 35.7. The van der Waals surface area contributed by atoms with E-state index in [1.54, 1.807) is 161 Å². The summed E-state index contributed by atoms with van der Waals surface area (Å²) in [6.45, 7) is 0. The number of hydrogen-bond donors (Lipinski definition) is 0. The predicted molar refractivity (Wildman–Crippen MR) is 531 cm³/mol. The van der Waals surface area contributed by atoms with Crippen molar-refractivity contribution >= 4 is 0 Å². The molecule has 0 amide bonds. The molecule has 0 N–H and O–H groups in total. The molecule has 14 aliphatic rings. The first-order valence-electron chi connectivity index (χ1n) is 59.8. The summed E-state index contributed by atoms with van der Waals surface area (Å²) in [4.78, 5) is 14.3. The Kier molecular flexibility index (Phi) is 45.5. The highest BCUT2D eigenvalue weighted by Gasteiger charge is 2.65. The van der Waals surface area contributed by atoms with Crippen LogP contribution < -0.4 is 0 Å². The van der Waals surface area contributed by atoms with Crippen LogP contribution >= 0.6 is 0 Å². The number of hydrogen-bond acceptors (Lipinski definition) is 4. The van der Waals surface area contributed by atoms with Crippen molar-refractivity contribution in [2.45, 2.75) is 695 Å². The first-order valence-corrected chi connectivity index (χ1v) is 59.8. The molecule has 14 rings (SSSR count). The average molecular weight is 1690 g/mol. The van der Waals surface area contributed by atoms with E-state index < -0.39 is 0 Å². The third-order valence-corrected chi connectivity index (χ3v) is 40.2. The summed E-state index contributed by atoms with van der Waals surface area (Å²) in [6, 6.07) is 10.1. The molecule has 4 bridgehead atoms. The maximum Gasteiger partial charge on any atom is 0.0101 e. The van der Waals surface area contributed by atoms with E-state index in [0.717, 1.165) is 120 Å². The molecule has 14 aliphatic carbocycles. The Labute approximate surface area is 762 Å². The van der Waals surface area contributed by atoms with E-state index in [9.17, 15) is 0 Å². The predicted octanol–water partition coefficient (Wildman–Crippen LogP) is 36.6. The Hall–Kier alpha value is -0.160. The molecule has 0 radical (unpaired) electrons. The van der Waals surface area contributed by atoms with Crippen LogP contribution in [0.3, 0.4) is 0 Å². The van der Waals surface area contributed by atoms with Crippen LogP contribution in [0.4, 0.5) is 0 Å². The minimum absolute atomic E-state index is 0.522. The maximum atomic E-state index is 3.61. The topological polar surface area (TPSA) is 13.0 Å². The fourth-order valence-electron chi connectivity index (χ4n) is 34.5. The van der Waals surface area contributed by atoms with E-state index in [2.05, 4.69) is 19.6 Å². The second-order valence-corrected chi connectivity index (χ2v) is 48.1. The van der Waals surface area contributed by atoms with Crippen LogP contribution in [0.2, 0.25) is 0 Å². The summed E-state index contributed by atoms with van der Waals surface area (Å²) in [5.41, 5.74) is 0.522. The third kappa shape index (κ3) is 29.7. The Balaban J connectivity index is 0.876. The lowest BCUT2D eigenvalue weighted by atomic mass is 9.36. The van der Waals surface area contributed by atoms with Gasteiger partial charge in [-0.05, 0) is 258 Å². The Morgan fingerprint density at radius 3 is 0.525 bits per heavy atom. The van der Waals surface area contributed by atoms with Crippen molar-refractivity contribution in [1.82, 2.24) is 19.6 Å². The summed E-state index contributed by atoms with van der Waals surface area (Å²) in [7, 11) is 0. The van der Waals surface area contributed by atoms with Gasteiger partial charge < -0.3 is 0 Å². The monoisotopic (exact) mass is 1690 g/mol. The number of nitrogens with zero attached hydrogens (tertiary/aromatic N) is 4. The van der Waals surface area contributed by atoms with E-state index in [4.69, 9.17) is 0 Å². The summed E-state index contributed by atoms with van der Waals surface area (Å²) >= 11 is 0. The van der Waals surface area contributed by atoms with Crippen LogP contribution in [0.1, 0.15) is 623 Å². The zero-order valence-electron chi connectivity index (χ0n) is 82.4. The summed E-state index contributed by atoms with van der Waals surface area (Å²) < 4.78 is 0. The molecule has 0 aliphatic heterocycles. The summed E-state index contributed by atoms with van der Waals surface area (Å²) in [5, 5.41) is 0. The van der Waals surface area contributed by atoms with E-state index in [0.29, 0.717) is 5.41 Å². The summed E-state index contributed by atoms with van der Waals surface area (Å²) in [5.74, 6) is 7.71. The second kappa shape index (κ2) is 56.8. The molecule has 13 atom stereocenters. The average Bonchev–Trinajstić information content (AvgIpc) is 0.734. The molecular weight excluding hydrogens is 1470 g/mol. The lowest BCUT2D eigenvalue weighted by molar-refractivity contribution is -0.202. The van der Waals surface area contributed by atoms with Gasteiger partial charge in [-0.2, -0.15) is 0 Å². The molecule has 122 heavy (non-hydrogen) atoms. The molecule has 14 saturated carbocycles. The highest BCUT2D eigenvalue weighted by Crippen LogP contribution is 2.71. The first-order chi connectivity index (χ1) is 60.7. The Morgan fingerprint density at radius 1 is 0.115 bits per heavy atom. The highest BCUT2D eigenvalue weighted by molar-refractivity contribution is 5.14. The third-order valence-electron chi connectivity index (χ3n) is 40.2. The fourth-order valence-corrected chi connectivity index (χ4v) is 34.5. The van der Waals surface area contributed by atoms with Gasteiger partial charge in [-0.1, -0.05) is 417 Å².